The molecule has 0 aliphatic carbocycles. The first-order valence-corrected chi connectivity index (χ1v) is 8.21. The summed E-state index contributed by atoms with van der Waals surface area (Å²) in [5.41, 5.74) is -0.364. The van der Waals surface area contributed by atoms with Crippen LogP contribution in [0.25, 0.3) is 0 Å². The highest BCUT2D eigenvalue weighted by Crippen LogP contribution is 2.20. The second-order valence-corrected chi connectivity index (χ2v) is 5.63. The molecule has 1 atom stereocenters. The van der Waals surface area contributed by atoms with Crippen LogP contribution in [-0.4, -0.2) is 24.6 Å². The molecule has 1 N–H and O–H groups in total. The van der Waals surface area contributed by atoms with Crippen LogP contribution in [-0.2, 0) is 9.53 Å². The monoisotopic (exact) mass is 381 g/mol. The maximum absolute atomic E-state index is 13.6. The van der Waals surface area contributed by atoms with Gasteiger partial charge in [-0.25, -0.2) is 18.0 Å². The van der Waals surface area contributed by atoms with Crippen LogP contribution in [0.2, 0.25) is 0 Å². The summed E-state index contributed by atoms with van der Waals surface area (Å²) in [4.78, 5) is 24.1. The largest absolute Gasteiger partial charge is 0.494 e. The molecular formula is C19H18F3NO4. The van der Waals surface area contributed by atoms with Crippen LogP contribution in [0.3, 0.4) is 0 Å². The summed E-state index contributed by atoms with van der Waals surface area (Å²) in [5.74, 6) is -5.70. The highest BCUT2D eigenvalue weighted by atomic mass is 19.2. The lowest BCUT2D eigenvalue weighted by atomic mass is 10.2. The normalized spacial score (nSPS) is 11.6. The quantitative estimate of drug-likeness (QED) is 0.580. The van der Waals surface area contributed by atoms with E-state index in [9.17, 15) is 22.8 Å². The number of carbonyl (C=O) groups is 2. The van der Waals surface area contributed by atoms with E-state index in [-0.39, 0.29) is 5.56 Å². The zero-order valence-corrected chi connectivity index (χ0v) is 14.7. The highest BCUT2D eigenvalue weighted by Gasteiger charge is 2.22. The molecular weight excluding hydrogens is 363 g/mol. The van der Waals surface area contributed by atoms with E-state index in [0.717, 1.165) is 12.5 Å². The predicted octanol–water partition coefficient (Wildman–Crippen LogP) is 4.08. The van der Waals surface area contributed by atoms with Gasteiger partial charge in [-0.05, 0) is 49.7 Å². The average Bonchev–Trinajstić information content (AvgIpc) is 2.67. The fourth-order valence-electron chi connectivity index (χ4n) is 2.05. The van der Waals surface area contributed by atoms with E-state index in [4.69, 9.17) is 9.47 Å². The summed E-state index contributed by atoms with van der Waals surface area (Å²) >= 11 is 0. The van der Waals surface area contributed by atoms with Crippen molar-refractivity contribution >= 4 is 17.6 Å². The maximum atomic E-state index is 13.6. The summed E-state index contributed by atoms with van der Waals surface area (Å²) in [6, 6.07) is 7.68. The Hall–Kier alpha value is -3.03. The summed E-state index contributed by atoms with van der Waals surface area (Å²) in [6.45, 7) is 3.77. The van der Waals surface area contributed by atoms with E-state index in [1.54, 1.807) is 12.1 Å². The van der Waals surface area contributed by atoms with Crippen LogP contribution in [0.1, 0.15) is 30.6 Å². The Balaban J connectivity index is 1.97. The zero-order valence-electron chi connectivity index (χ0n) is 14.7. The van der Waals surface area contributed by atoms with Gasteiger partial charge in [0.05, 0.1) is 17.9 Å². The first-order valence-electron chi connectivity index (χ1n) is 8.21. The van der Waals surface area contributed by atoms with Crippen molar-refractivity contribution in [1.29, 1.82) is 0 Å². The van der Waals surface area contributed by atoms with Gasteiger partial charge in [0.2, 0.25) is 0 Å². The van der Waals surface area contributed by atoms with E-state index in [0.29, 0.717) is 18.4 Å². The van der Waals surface area contributed by atoms with Gasteiger partial charge < -0.3 is 14.8 Å². The lowest BCUT2D eigenvalue weighted by Crippen LogP contribution is -2.30. The number of ether oxygens (including phenoxy) is 2. The molecule has 0 radical (unpaired) electrons. The molecule has 0 saturated heterocycles. The Labute approximate surface area is 154 Å². The Morgan fingerprint density at radius 1 is 1.04 bits per heavy atom. The van der Waals surface area contributed by atoms with Crippen molar-refractivity contribution in [2.75, 3.05) is 11.9 Å². The van der Waals surface area contributed by atoms with Crippen LogP contribution < -0.4 is 10.1 Å². The molecule has 2 aromatic rings. The summed E-state index contributed by atoms with van der Waals surface area (Å²) in [5, 5.41) is 2.05. The molecule has 0 bridgehead atoms. The smallest absolute Gasteiger partial charge is 0.338 e. The third-order valence-corrected chi connectivity index (χ3v) is 3.51. The molecule has 2 rings (SSSR count). The molecule has 0 aliphatic heterocycles. The van der Waals surface area contributed by atoms with Crippen LogP contribution in [0.5, 0.6) is 5.75 Å². The first kappa shape index (κ1) is 20.3. The maximum Gasteiger partial charge on any atom is 0.338 e. The van der Waals surface area contributed by atoms with E-state index < -0.39 is 41.1 Å². The Kier molecular flexibility index (Phi) is 6.81. The number of esters is 1. The minimum atomic E-state index is -1.71. The van der Waals surface area contributed by atoms with Gasteiger partial charge in [0.1, 0.15) is 5.75 Å². The van der Waals surface area contributed by atoms with Crippen LogP contribution in [0, 0.1) is 17.5 Å². The first-order chi connectivity index (χ1) is 12.8. The molecule has 8 heteroatoms. The van der Waals surface area contributed by atoms with Gasteiger partial charge in [0.25, 0.3) is 5.91 Å². The van der Waals surface area contributed by atoms with Gasteiger partial charge >= 0.3 is 5.97 Å². The lowest BCUT2D eigenvalue weighted by molar-refractivity contribution is -0.123. The number of anilines is 1. The minimum absolute atomic E-state index is 0.192. The van der Waals surface area contributed by atoms with E-state index in [2.05, 4.69) is 0 Å². The Bertz CT molecular complexity index is 824. The molecule has 0 unspecified atom stereocenters. The van der Waals surface area contributed by atoms with Crippen molar-refractivity contribution in [2.45, 2.75) is 26.4 Å². The van der Waals surface area contributed by atoms with Gasteiger partial charge in [0, 0.05) is 0 Å². The van der Waals surface area contributed by atoms with Crippen molar-refractivity contribution in [1.82, 2.24) is 0 Å². The third-order valence-electron chi connectivity index (χ3n) is 3.51. The number of benzene rings is 2. The topological polar surface area (TPSA) is 64.6 Å². The van der Waals surface area contributed by atoms with Crippen LogP contribution >= 0.6 is 0 Å². The molecule has 0 fully saturated rings. The molecule has 0 aromatic heterocycles. The highest BCUT2D eigenvalue weighted by molar-refractivity contribution is 5.97. The SMILES string of the molecule is CCCOc1ccc(C(=O)O[C@H](C)C(=O)Nc2ccc(F)c(F)c2F)cc1. The van der Waals surface area contributed by atoms with Gasteiger partial charge in [-0.2, -0.15) is 0 Å². The van der Waals surface area contributed by atoms with Gasteiger partial charge in [-0.3, -0.25) is 4.79 Å². The van der Waals surface area contributed by atoms with Crippen molar-refractivity contribution in [3.8, 4) is 5.75 Å². The molecule has 5 nitrogen and oxygen atoms in total. The molecule has 27 heavy (non-hydrogen) atoms. The number of hydrogen-bond acceptors (Lipinski definition) is 4. The average molecular weight is 381 g/mol. The summed E-state index contributed by atoms with van der Waals surface area (Å²) in [7, 11) is 0. The van der Waals surface area contributed by atoms with Crippen molar-refractivity contribution in [3.63, 3.8) is 0 Å². The molecule has 0 saturated carbocycles. The third kappa shape index (κ3) is 5.22. The van der Waals surface area contributed by atoms with E-state index >= 15 is 0 Å². The molecule has 0 spiro atoms. The predicted molar refractivity (Wildman–Crippen MR) is 92.1 cm³/mol. The van der Waals surface area contributed by atoms with E-state index in [1.807, 2.05) is 12.2 Å². The molecule has 144 valence electrons. The van der Waals surface area contributed by atoms with E-state index in [1.165, 1.54) is 19.1 Å². The molecule has 0 aliphatic rings. The van der Waals surface area contributed by atoms with Crippen LogP contribution in [0.4, 0.5) is 18.9 Å². The number of nitrogens with one attached hydrogen (secondary N) is 1. The standard InChI is InChI=1S/C19H18F3NO4/c1-3-10-26-13-6-4-12(5-7-13)19(25)27-11(2)18(24)23-15-9-8-14(20)16(21)17(15)22/h4-9,11H,3,10H2,1-2H3,(H,23,24)/t11-/m1/s1. The molecule has 1 amide bonds. The number of rotatable bonds is 7. The number of hydrogen-bond donors (Lipinski definition) is 1. The lowest BCUT2D eigenvalue weighted by Gasteiger charge is -2.14. The number of carbonyl (C=O) groups excluding carboxylic acids is 2. The van der Waals surface area contributed by atoms with Crippen molar-refractivity contribution in [2.24, 2.45) is 0 Å². The number of halogens is 3. The molecule has 0 heterocycles. The number of amides is 1. The summed E-state index contributed by atoms with van der Waals surface area (Å²) in [6.07, 6.45) is -0.448. The fraction of sp³-hybridized carbons (Fsp3) is 0.263. The van der Waals surface area contributed by atoms with Crippen molar-refractivity contribution < 1.29 is 32.2 Å². The van der Waals surface area contributed by atoms with Gasteiger partial charge in [0.15, 0.2) is 23.6 Å². The van der Waals surface area contributed by atoms with Crippen LogP contribution in [0.15, 0.2) is 36.4 Å². The fourth-order valence-corrected chi connectivity index (χ4v) is 2.05. The Morgan fingerprint density at radius 2 is 1.70 bits per heavy atom. The Morgan fingerprint density at radius 3 is 2.33 bits per heavy atom. The zero-order chi connectivity index (χ0) is 20.0. The minimum Gasteiger partial charge on any atom is -0.494 e. The van der Waals surface area contributed by atoms with Gasteiger partial charge in [-0.15, -0.1) is 0 Å². The second kappa shape index (κ2) is 9.07. The summed E-state index contributed by atoms with van der Waals surface area (Å²) < 4.78 is 50.1. The molecule has 2 aromatic carbocycles. The van der Waals surface area contributed by atoms with Gasteiger partial charge in [-0.1, -0.05) is 6.92 Å². The second-order valence-electron chi connectivity index (χ2n) is 5.63. The van der Waals surface area contributed by atoms with Crippen molar-refractivity contribution in [3.05, 3.63) is 59.4 Å².